The first-order valence-corrected chi connectivity index (χ1v) is 11.8. The molecular weight excluding hydrogens is 444 g/mol. The van der Waals surface area contributed by atoms with Gasteiger partial charge in [0.2, 0.25) is 0 Å². The van der Waals surface area contributed by atoms with Crippen molar-refractivity contribution >= 4 is 17.3 Å². The minimum Gasteiger partial charge on any atom is -0.457 e. The molecule has 4 N–H and O–H groups in total. The van der Waals surface area contributed by atoms with E-state index < -0.39 is 0 Å². The number of nitrogen functional groups attached to an aromatic ring is 1. The smallest absolute Gasteiger partial charge is 0.141 e. The summed E-state index contributed by atoms with van der Waals surface area (Å²) in [6.45, 7) is 6.07. The Labute approximate surface area is 205 Å². The summed E-state index contributed by atoms with van der Waals surface area (Å²) < 4.78 is 17.4. The molecule has 184 valence electrons. The van der Waals surface area contributed by atoms with E-state index in [0.717, 1.165) is 31.9 Å². The Morgan fingerprint density at radius 3 is 2.69 bits per heavy atom. The molecule has 0 aliphatic carbocycles. The van der Waals surface area contributed by atoms with Crippen LogP contribution in [0.15, 0.2) is 60.9 Å². The first-order chi connectivity index (χ1) is 17.1. The zero-order valence-corrected chi connectivity index (χ0v) is 19.9. The molecule has 1 aliphatic rings. The maximum atomic E-state index is 8.85. The fourth-order valence-corrected chi connectivity index (χ4v) is 3.82. The monoisotopic (exact) mass is 476 g/mol. The number of rotatable bonds is 10. The molecule has 1 saturated heterocycles. The Morgan fingerprint density at radius 2 is 1.91 bits per heavy atom. The summed E-state index contributed by atoms with van der Waals surface area (Å²) in [5.74, 6) is 2.19. The molecule has 3 aromatic rings. The highest BCUT2D eigenvalue weighted by Crippen LogP contribution is 2.25. The van der Waals surface area contributed by atoms with Gasteiger partial charge in [-0.3, -0.25) is 10.3 Å². The largest absolute Gasteiger partial charge is 0.457 e. The molecule has 0 amide bonds. The van der Waals surface area contributed by atoms with Crippen molar-refractivity contribution in [1.82, 2.24) is 14.9 Å². The Hall–Kier alpha value is -3.53. The van der Waals surface area contributed by atoms with Crippen molar-refractivity contribution in [3.63, 3.8) is 0 Å². The molecular formula is C26H32N6O3. The standard InChI is InChI=1S/C26H32N6O3/c1-2-13-34-18-32-12-14-33-16-20(15-32)31-26-23(25(28)29-17-30-26)24(27)19-8-10-22(11-9-19)35-21-6-4-3-5-7-21/h3-11,17,20,27H,2,12-16,18H2,1H3,(H3,28,29,30,31). The third-order valence-corrected chi connectivity index (χ3v) is 5.56. The summed E-state index contributed by atoms with van der Waals surface area (Å²) in [7, 11) is 0. The van der Waals surface area contributed by atoms with Crippen LogP contribution in [0.4, 0.5) is 11.6 Å². The molecule has 1 fully saturated rings. The van der Waals surface area contributed by atoms with Gasteiger partial charge in [0, 0.05) is 25.3 Å². The van der Waals surface area contributed by atoms with E-state index in [1.165, 1.54) is 6.33 Å². The molecule has 1 aliphatic heterocycles. The molecule has 2 aromatic carbocycles. The van der Waals surface area contributed by atoms with Crippen LogP contribution in [0.1, 0.15) is 24.5 Å². The second-order valence-electron chi connectivity index (χ2n) is 8.33. The maximum absolute atomic E-state index is 8.85. The molecule has 1 aromatic heterocycles. The summed E-state index contributed by atoms with van der Waals surface area (Å²) in [6, 6.07) is 16.9. The molecule has 0 radical (unpaired) electrons. The van der Waals surface area contributed by atoms with Gasteiger partial charge in [0.1, 0.15) is 29.5 Å². The Morgan fingerprint density at radius 1 is 1.14 bits per heavy atom. The number of nitrogens with zero attached hydrogens (tertiary/aromatic N) is 3. The van der Waals surface area contributed by atoms with Crippen LogP contribution in [0.3, 0.4) is 0 Å². The predicted octanol–water partition coefficient (Wildman–Crippen LogP) is 3.76. The quantitative estimate of drug-likeness (QED) is 0.299. The first kappa shape index (κ1) is 24.6. The fourth-order valence-electron chi connectivity index (χ4n) is 3.82. The molecule has 4 rings (SSSR count). The highest BCUT2D eigenvalue weighted by molar-refractivity contribution is 6.16. The van der Waals surface area contributed by atoms with Crippen LogP contribution >= 0.6 is 0 Å². The summed E-state index contributed by atoms with van der Waals surface area (Å²) >= 11 is 0. The zero-order chi connectivity index (χ0) is 24.5. The van der Waals surface area contributed by atoms with Crippen LogP contribution in [0.5, 0.6) is 11.5 Å². The molecule has 9 heteroatoms. The number of nitrogens with two attached hydrogens (primary N) is 1. The normalized spacial score (nSPS) is 16.4. The van der Waals surface area contributed by atoms with E-state index in [9.17, 15) is 0 Å². The number of aromatic nitrogens is 2. The molecule has 2 heterocycles. The molecule has 35 heavy (non-hydrogen) atoms. The molecule has 1 unspecified atom stereocenters. The number of nitrogens with one attached hydrogen (secondary N) is 2. The summed E-state index contributed by atoms with van der Waals surface area (Å²) in [4.78, 5) is 10.8. The van der Waals surface area contributed by atoms with E-state index in [2.05, 4.69) is 27.1 Å². The predicted molar refractivity (Wildman–Crippen MR) is 136 cm³/mol. The van der Waals surface area contributed by atoms with Crippen molar-refractivity contribution in [2.45, 2.75) is 19.4 Å². The highest BCUT2D eigenvalue weighted by Gasteiger charge is 2.23. The lowest BCUT2D eigenvalue weighted by Gasteiger charge is -2.25. The summed E-state index contributed by atoms with van der Waals surface area (Å²) in [6.07, 6.45) is 2.39. The van der Waals surface area contributed by atoms with Gasteiger partial charge in [-0.15, -0.1) is 0 Å². The van der Waals surface area contributed by atoms with Gasteiger partial charge in [0.05, 0.1) is 37.3 Å². The van der Waals surface area contributed by atoms with Crippen molar-refractivity contribution in [1.29, 1.82) is 5.41 Å². The van der Waals surface area contributed by atoms with Gasteiger partial charge in [-0.1, -0.05) is 25.1 Å². The van der Waals surface area contributed by atoms with Crippen LogP contribution in [0.2, 0.25) is 0 Å². The highest BCUT2D eigenvalue weighted by atomic mass is 16.5. The Bertz CT molecular complexity index is 1090. The lowest BCUT2D eigenvalue weighted by atomic mass is 10.0. The van der Waals surface area contributed by atoms with Gasteiger partial charge in [-0.05, 0) is 42.8 Å². The van der Waals surface area contributed by atoms with Crippen LogP contribution in [-0.2, 0) is 9.47 Å². The van der Waals surface area contributed by atoms with Crippen molar-refractivity contribution in [2.75, 3.05) is 50.7 Å². The maximum Gasteiger partial charge on any atom is 0.141 e. The van der Waals surface area contributed by atoms with E-state index in [0.29, 0.717) is 42.6 Å². The summed E-state index contributed by atoms with van der Waals surface area (Å²) in [5, 5.41) is 12.3. The molecule has 0 saturated carbocycles. The Balaban J connectivity index is 1.48. The van der Waals surface area contributed by atoms with Gasteiger partial charge in [0.15, 0.2) is 0 Å². The second kappa shape index (κ2) is 12.3. The molecule has 1 atom stereocenters. The average molecular weight is 477 g/mol. The van der Waals surface area contributed by atoms with Crippen molar-refractivity contribution in [3.8, 4) is 11.5 Å². The lowest BCUT2D eigenvalue weighted by molar-refractivity contribution is 0.0267. The lowest BCUT2D eigenvalue weighted by Crippen LogP contribution is -2.39. The van der Waals surface area contributed by atoms with Crippen LogP contribution in [-0.4, -0.2) is 66.3 Å². The number of anilines is 2. The fraction of sp³-hybridized carbons (Fsp3) is 0.346. The van der Waals surface area contributed by atoms with Crippen LogP contribution < -0.4 is 15.8 Å². The van der Waals surface area contributed by atoms with E-state index in [4.69, 9.17) is 25.4 Å². The minimum atomic E-state index is -0.0368. The number of para-hydroxylation sites is 1. The van der Waals surface area contributed by atoms with E-state index >= 15 is 0 Å². The Kier molecular flexibility index (Phi) is 8.61. The van der Waals surface area contributed by atoms with Crippen LogP contribution in [0.25, 0.3) is 0 Å². The zero-order valence-electron chi connectivity index (χ0n) is 19.9. The van der Waals surface area contributed by atoms with Crippen LogP contribution in [0, 0.1) is 5.41 Å². The SMILES string of the molecule is CCCOCN1CCOCC(Nc2ncnc(N)c2C(=N)c2ccc(Oc3ccccc3)cc2)C1. The number of hydrogen-bond donors (Lipinski definition) is 3. The first-order valence-electron chi connectivity index (χ1n) is 11.8. The number of benzene rings is 2. The van der Waals surface area contributed by atoms with Gasteiger partial charge >= 0.3 is 0 Å². The second-order valence-corrected chi connectivity index (χ2v) is 8.33. The minimum absolute atomic E-state index is 0.0368. The van der Waals surface area contributed by atoms with Gasteiger partial charge in [-0.25, -0.2) is 9.97 Å². The molecule has 0 spiro atoms. The topological polar surface area (TPSA) is 119 Å². The molecule has 9 nitrogen and oxygen atoms in total. The van der Waals surface area contributed by atoms with Crippen molar-refractivity contribution in [3.05, 3.63) is 72.1 Å². The van der Waals surface area contributed by atoms with Crippen molar-refractivity contribution in [2.24, 2.45) is 0 Å². The summed E-state index contributed by atoms with van der Waals surface area (Å²) in [5.41, 5.74) is 7.59. The van der Waals surface area contributed by atoms with Crippen molar-refractivity contribution < 1.29 is 14.2 Å². The number of hydrogen-bond acceptors (Lipinski definition) is 9. The number of ether oxygens (including phenoxy) is 3. The van der Waals surface area contributed by atoms with Gasteiger partial charge in [0.25, 0.3) is 0 Å². The third kappa shape index (κ3) is 6.75. The van der Waals surface area contributed by atoms with E-state index in [-0.39, 0.29) is 17.6 Å². The average Bonchev–Trinajstić information content (AvgIpc) is 3.10. The van der Waals surface area contributed by atoms with E-state index in [1.54, 1.807) is 0 Å². The molecule has 0 bridgehead atoms. The van der Waals surface area contributed by atoms with Gasteiger partial charge in [-0.2, -0.15) is 0 Å². The van der Waals surface area contributed by atoms with Gasteiger partial charge < -0.3 is 25.3 Å². The van der Waals surface area contributed by atoms with E-state index in [1.807, 2.05) is 54.6 Å². The third-order valence-electron chi connectivity index (χ3n) is 5.56.